The van der Waals surface area contributed by atoms with Crippen LogP contribution in [0.25, 0.3) is 11.4 Å². The highest BCUT2D eigenvalue weighted by Gasteiger charge is 2.07. The van der Waals surface area contributed by atoms with Crippen LogP contribution in [-0.2, 0) is 11.2 Å². The summed E-state index contributed by atoms with van der Waals surface area (Å²) in [6.07, 6.45) is 1.53. The van der Waals surface area contributed by atoms with E-state index in [2.05, 4.69) is 9.97 Å². The summed E-state index contributed by atoms with van der Waals surface area (Å²) in [6, 6.07) is 8.81. The lowest BCUT2D eigenvalue weighted by atomic mass is 10.2. The molecule has 1 N–H and O–H groups in total. The first kappa shape index (κ1) is 13.8. The second-order valence-electron chi connectivity index (χ2n) is 4.16. The molecule has 0 radical (unpaired) electrons. The number of nitrogens with zero attached hydrogens (tertiary/aromatic N) is 1. The van der Waals surface area contributed by atoms with Gasteiger partial charge in [-0.05, 0) is 25.0 Å². The number of H-pyrrole nitrogens is 1. The fourth-order valence-corrected chi connectivity index (χ4v) is 2.04. The van der Waals surface area contributed by atoms with Crippen molar-refractivity contribution in [2.24, 2.45) is 0 Å². The molecule has 0 fully saturated rings. The summed E-state index contributed by atoms with van der Waals surface area (Å²) in [7, 11) is 1.65. The summed E-state index contributed by atoms with van der Waals surface area (Å²) in [5, 5.41) is 0.569. The van der Waals surface area contributed by atoms with Gasteiger partial charge in [0, 0.05) is 31.0 Å². The van der Waals surface area contributed by atoms with Gasteiger partial charge in [-0.25, -0.2) is 4.98 Å². The van der Waals surface area contributed by atoms with Crippen LogP contribution in [0.4, 0.5) is 0 Å². The van der Waals surface area contributed by atoms with Gasteiger partial charge in [-0.15, -0.1) is 0 Å². The molecular formula is C14H15ClN2O2. The molecule has 2 rings (SSSR count). The molecule has 0 amide bonds. The van der Waals surface area contributed by atoms with Crippen molar-refractivity contribution in [2.75, 3.05) is 13.7 Å². The largest absolute Gasteiger partial charge is 0.385 e. The SMILES string of the molecule is COCCCc1cc(=O)[nH]c(-c2ccccc2Cl)n1. The molecule has 0 aliphatic rings. The molecule has 0 unspecified atom stereocenters. The zero-order valence-electron chi connectivity index (χ0n) is 10.6. The minimum absolute atomic E-state index is 0.169. The van der Waals surface area contributed by atoms with Gasteiger partial charge < -0.3 is 9.72 Å². The van der Waals surface area contributed by atoms with Crippen LogP contribution in [0, 0.1) is 0 Å². The zero-order chi connectivity index (χ0) is 13.7. The van der Waals surface area contributed by atoms with Crippen LogP contribution in [0.3, 0.4) is 0 Å². The van der Waals surface area contributed by atoms with E-state index < -0.39 is 0 Å². The summed E-state index contributed by atoms with van der Waals surface area (Å²) in [5.74, 6) is 0.505. The van der Waals surface area contributed by atoms with Gasteiger partial charge in [-0.2, -0.15) is 0 Å². The van der Waals surface area contributed by atoms with E-state index in [4.69, 9.17) is 16.3 Å². The Bertz CT molecular complexity index is 610. The number of hydrogen-bond acceptors (Lipinski definition) is 3. The van der Waals surface area contributed by atoms with Gasteiger partial charge >= 0.3 is 0 Å². The average Bonchev–Trinajstić information content (AvgIpc) is 2.39. The molecule has 100 valence electrons. The predicted octanol–water partition coefficient (Wildman–Crippen LogP) is 2.67. The van der Waals surface area contributed by atoms with Gasteiger partial charge in [0.05, 0.1) is 5.02 Å². The van der Waals surface area contributed by atoms with Gasteiger partial charge in [0.1, 0.15) is 5.82 Å². The second kappa shape index (κ2) is 6.50. The lowest BCUT2D eigenvalue weighted by molar-refractivity contribution is 0.195. The number of aromatic amines is 1. The number of aryl methyl sites for hydroxylation is 1. The first-order chi connectivity index (χ1) is 9.20. The minimum atomic E-state index is -0.169. The summed E-state index contributed by atoms with van der Waals surface area (Å²) in [5.41, 5.74) is 1.31. The molecule has 5 heteroatoms. The topological polar surface area (TPSA) is 55.0 Å². The maximum absolute atomic E-state index is 11.7. The van der Waals surface area contributed by atoms with Crippen LogP contribution in [0.15, 0.2) is 35.1 Å². The smallest absolute Gasteiger partial charge is 0.251 e. The molecule has 1 aromatic heterocycles. The van der Waals surface area contributed by atoms with E-state index in [0.717, 1.165) is 17.7 Å². The van der Waals surface area contributed by atoms with Crippen LogP contribution in [0.5, 0.6) is 0 Å². The number of hydrogen-bond donors (Lipinski definition) is 1. The second-order valence-corrected chi connectivity index (χ2v) is 4.57. The van der Waals surface area contributed by atoms with Crippen LogP contribution in [0.2, 0.25) is 5.02 Å². The third-order valence-electron chi connectivity index (χ3n) is 2.71. The van der Waals surface area contributed by atoms with Crippen molar-refractivity contribution in [1.82, 2.24) is 9.97 Å². The first-order valence-electron chi connectivity index (χ1n) is 6.05. The fraction of sp³-hybridized carbons (Fsp3) is 0.286. The molecule has 0 atom stereocenters. The molecule has 1 heterocycles. The molecule has 19 heavy (non-hydrogen) atoms. The zero-order valence-corrected chi connectivity index (χ0v) is 11.4. The molecular weight excluding hydrogens is 264 g/mol. The highest BCUT2D eigenvalue weighted by atomic mass is 35.5. The molecule has 0 spiro atoms. The maximum Gasteiger partial charge on any atom is 0.251 e. The van der Waals surface area contributed by atoms with Gasteiger partial charge in [-0.1, -0.05) is 23.7 Å². The Morgan fingerprint density at radius 3 is 2.89 bits per heavy atom. The van der Waals surface area contributed by atoms with E-state index in [-0.39, 0.29) is 5.56 Å². The highest BCUT2D eigenvalue weighted by Crippen LogP contribution is 2.23. The van der Waals surface area contributed by atoms with Gasteiger partial charge in [0.15, 0.2) is 0 Å². The van der Waals surface area contributed by atoms with Crippen molar-refractivity contribution in [1.29, 1.82) is 0 Å². The van der Waals surface area contributed by atoms with Crippen molar-refractivity contribution in [3.8, 4) is 11.4 Å². The van der Waals surface area contributed by atoms with E-state index in [1.54, 1.807) is 13.2 Å². The molecule has 0 saturated carbocycles. The summed E-state index contributed by atoms with van der Waals surface area (Å²) < 4.78 is 4.99. The minimum Gasteiger partial charge on any atom is -0.385 e. The summed E-state index contributed by atoms with van der Waals surface area (Å²) >= 11 is 6.11. The van der Waals surface area contributed by atoms with Gasteiger partial charge in [0.25, 0.3) is 5.56 Å². The third-order valence-corrected chi connectivity index (χ3v) is 3.03. The quantitative estimate of drug-likeness (QED) is 0.856. The van der Waals surface area contributed by atoms with E-state index in [1.165, 1.54) is 6.07 Å². The van der Waals surface area contributed by atoms with Gasteiger partial charge in [0.2, 0.25) is 0 Å². The van der Waals surface area contributed by atoms with Crippen molar-refractivity contribution < 1.29 is 4.74 Å². The number of halogens is 1. The number of ether oxygens (including phenoxy) is 1. The Hall–Kier alpha value is -1.65. The van der Waals surface area contributed by atoms with E-state index in [9.17, 15) is 4.79 Å². The molecule has 1 aromatic carbocycles. The van der Waals surface area contributed by atoms with Crippen LogP contribution in [-0.4, -0.2) is 23.7 Å². The van der Waals surface area contributed by atoms with Crippen molar-refractivity contribution in [2.45, 2.75) is 12.8 Å². The van der Waals surface area contributed by atoms with Crippen molar-refractivity contribution >= 4 is 11.6 Å². The maximum atomic E-state index is 11.7. The number of methoxy groups -OCH3 is 1. The standard InChI is InChI=1S/C14H15ClN2O2/c1-19-8-4-5-10-9-13(18)17-14(16-10)11-6-2-3-7-12(11)15/h2-3,6-7,9H,4-5,8H2,1H3,(H,16,17,18). The van der Waals surface area contributed by atoms with Crippen LogP contribution < -0.4 is 5.56 Å². The Morgan fingerprint density at radius 1 is 1.37 bits per heavy atom. The number of nitrogens with one attached hydrogen (secondary N) is 1. The predicted molar refractivity (Wildman–Crippen MR) is 75.5 cm³/mol. The number of aromatic nitrogens is 2. The Balaban J connectivity index is 2.31. The fourth-order valence-electron chi connectivity index (χ4n) is 1.81. The Labute approximate surface area is 116 Å². The van der Waals surface area contributed by atoms with Crippen LogP contribution >= 0.6 is 11.6 Å². The Morgan fingerprint density at radius 2 is 2.16 bits per heavy atom. The molecule has 0 aliphatic heterocycles. The molecule has 2 aromatic rings. The average molecular weight is 279 g/mol. The first-order valence-corrected chi connectivity index (χ1v) is 6.42. The van der Waals surface area contributed by atoms with E-state index in [0.29, 0.717) is 23.9 Å². The van der Waals surface area contributed by atoms with Crippen molar-refractivity contribution in [3.63, 3.8) is 0 Å². The molecule has 0 aliphatic carbocycles. The van der Waals surface area contributed by atoms with Crippen molar-refractivity contribution in [3.05, 3.63) is 51.4 Å². The van der Waals surface area contributed by atoms with E-state index in [1.807, 2.05) is 18.2 Å². The Kier molecular flexibility index (Phi) is 4.71. The third kappa shape index (κ3) is 3.66. The van der Waals surface area contributed by atoms with Gasteiger partial charge in [-0.3, -0.25) is 4.79 Å². The summed E-state index contributed by atoms with van der Waals surface area (Å²) in [4.78, 5) is 18.8. The normalized spacial score (nSPS) is 10.6. The molecule has 4 nitrogen and oxygen atoms in total. The monoisotopic (exact) mass is 278 g/mol. The van der Waals surface area contributed by atoms with Crippen LogP contribution in [0.1, 0.15) is 12.1 Å². The number of rotatable bonds is 5. The lowest BCUT2D eigenvalue weighted by Crippen LogP contribution is -2.11. The molecule has 0 bridgehead atoms. The van der Waals surface area contributed by atoms with E-state index >= 15 is 0 Å². The highest BCUT2D eigenvalue weighted by molar-refractivity contribution is 6.33. The summed E-state index contributed by atoms with van der Waals surface area (Å²) in [6.45, 7) is 0.649. The lowest BCUT2D eigenvalue weighted by Gasteiger charge is -2.06. The molecule has 0 saturated heterocycles. The number of benzene rings is 1.